The molecule has 4 rings (SSSR count). The Bertz CT molecular complexity index is 633. The standard InChI is InChI=1S/C16H21N3O2/c20-15-9-13(19-8-2-4-14(19)17-15)12-3-1-7-18(10-12)16(21)11-5-6-11/h9,11-12H,1-8,10H2. The van der Waals surface area contributed by atoms with Gasteiger partial charge in [-0.2, -0.15) is 4.98 Å². The van der Waals surface area contributed by atoms with Gasteiger partial charge >= 0.3 is 0 Å². The number of hydrogen-bond donors (Lipinski definition) is 0. The van der Waals surface area contributed by atoms with Crippen LogP contribution in [0.5, 0.6) is 0 Å². The van der Waals surface area contributed by atoms with Crippen LogP contribution in [0.15, 0.2) is 10.9 Å². The van der Waals surface area contributed by atoms with Crippen LogP contribution in [0.2, 0.25) is 0 Å². The van der Waals surface area contributed by atoms with E-state index in [0.717, 1.165) is 69.7 Å². The molecular formula is C16H21N3O2. The van der Waals surface area contributed by atoms with E-state index in [1.165, 1.54) is 0 Å². The van der Waals surface area contributed by atoms with Crippen LogP contribution >= 0.6 is 0 Å². The van der Waals surface area contributed by atoms with Crippen LogP contribution in [0.3, 0.4) is 0 Å². The van der Waals surface area contributed by atoms with Crippen LogP contribution in [-0.4, -0.2) is 33.4 Å². The highest BCUT2D eigenvalue weighted by molar-refractivity contribution is 5.81. The molecule has 2 fully saturated rings. The lowest BCUT2D eigenvalue weighted by atomic mass is 9.93. The van der Waals surface area contributed by atoms with Gasteiger partial charge in [0.2, 0.25) is 5.91 Å². The molecule has 3 aliphatic rings. The Kier molecular flexibility index (Phi) is 3.08. The highest BCUT2D eigenvalue weighted by Crippen LogP contribution is 2.34. The average Bonchev–Trinajstić information content (AvgIpc) is 3.24. The first-order valence-electron chi connectivity index (χ1n) is 8.12. The van der Waals surface area contributed by atoms with Gasteiger partial charge in [-0.25, -0.2) is 0 Å². The molecule has 0 spiro atoms. The largest absolute Gasteiger partial charge is 0.342 e. The lowest BCUT2D eigenvalue weighted by Gasteiger charge is -2.34. The van der Waals surface area contributed by atoms with Crippen LogP contribution in [0.1, 0.15) is 49.5 Å². The molecule has 0 aromatic carbocycles. The first kappa shape index (κ1) is 13.0. The molecule has 1 saturated heterocycles. The number of aryl methyl sites for hydroxylation is 1. The Morgan fingerprint density at radius 3 is 2.86 bits per heavy atom. The van der Waals surface area contributed by atoms with Crippen LogP contribution in [-0.2, 0) is 17.8 Å². The summed E-state index contributed by atoms with van der Waals surface area (Å²) in [6, 6.07) is 1.70. The van der Waals surface area contributed by atoms with E-state index in [1.807, 2.05) is 4.90 Å². The molecule has 5 heteroatoms. The topological polar surface area (TPSA) is 55.2 Å². The van der Waals surface area contributed by atoms with Crippen molar-refractivity contribution in [2.45, 2.75) is 51.0 Å². The molecule has 1 aromatic rings. The number of likely N-dealkylation sites (tertiary alicyclic amines) is 1. The van der Waals surface area contributed by atoms with Crippen LogP contribution in [0, 0.1) is 5.92 Å². The Morgan fingerprint density at radius 2 is 2.05 bits per heavy atom. The smallest absolute Gasteiger partial charge is 0.273 e. The van der Waals surface area contributed by atoms with Crippen LogP contribution in [0.4, 0.5) is 0 Å². The summed E-state index contributed by atoms with van der Waals surface area (Å²) in [5.74, 6) is 1.85. The molecule has 1 saturated carbocycles. The van der Waals surface area contributed by atoms with Crippen molar-refractivity contribution in [1.82, 2.24) is 14.5 Å². The van der Waals surface area contributed by atoms with Gasteiger partial charge in [0, 0.05) is 49.7 Å². The number of carbonyl (C=O) groups is 1. The van der Waals surface area contributed by atoms with E-state index in [2.05, 4.69) is 9.55 Å². The molecule has 2 aliphatic heterocycles. The van der Waals surface area contributed by atoms with Gasteiger partial charge in [0.05, 0.1) is 0 Å². The van der Waals surface area contributed by atoms with Crippen molar-refractivity contribution in [3.63, 3.8) is 0 Å². The number of piperidine rings is 1. The van der Waals surface area contributed by atoms with Crippen molar-refractivity contribution in [3.8, 4) is 0 Å². The van der Waals surface area contributed by atoms with E-state index in [4.69, 9.17) is 0 Å². The second-order valence-electron chi connectivity index (χ2n) is 6.59. The second kappa shape index (κ2) is 4.97. The third-order valence-electron chi connectivity index (χ3n) is 4.99. The first-order chi connectivity index (χ1) is 10.2. The minimum atomic E-state index is -0.121. The Hall–Kier alpha value is -1.65. The number of nitrogens with zero attached hydrogens (tertiary/aromatic N) is 3. The maximum Gasteiger partial charge on any atom is 0.273 e. The molecule has 1 unspecified atom stereocenters. The molecule has 0 radical (unpaired) electrons. The van der Waals surface area contributed by atoms with Gasteiger partial charge in [-0.05, 0) is 32.1 Å². The fourth-order valence-corrected chi connectivity index (χ4v) is 3.76. The third-order valence-corrected chi connectivity index (χ3v) is 4.99. The zero-order chi connectivity index (χ0) is 14.4. The fraction of sp³-hybridized carbons (Fsp3) is 0.688. The summed E-state index contributed by atoms with van der Waals surface area (Å²) in [4.78, 5) is 30.3. The number of hydrogen-bond acceptors (Lipinski definition) is 3. The molecule has 1 aliphatic carbocycles. The van der Waals surface area contributed by atoms with E-state index in [0.29, 0.717) is 11.8 Å². The minimum Gasteiger partial charge on any atom is -0.342 e. The zero-order valence-electron chi connectivity index (χ0n) is 12.3. The number of rotatable bonds is 2. The summed E-state index contributed by atoms with van der Waals surface area (Å²) in [5, 5.41) is 0. The van der Waals surface area contributed by atoms with Gasteiger partial charge in [-0.1, -0.05) is 0 Å². The van der Waals surface area contributed by atoms with Crippen molar-refractivity contribution in [2.24, 2.45) is 5.92 Å². The highest BCUT2D eigenvalue weighted by Gasteiger charge is 2.36. The predicted molar refractivity (Wildman–Crippen MR) is 78.1 cm³/mol. The highest BCUT2D eigenvalue weighted by atomic mass is 16.2. The Balaban J connectivity index is 1.61. The molecule has 112 valence electrons. The maximum atomic E-state index is 12.3. The normalized spacial score (nSPS) is 25.0. The van der Waals surface area contributed by atoms with Crippen molar-refractivity contribution >= 4 is 5.91 Å². The molecule has 1 aromatic heterocycles. The lowest BCUT2D eigenvalue weighted by Crippen LogP contribution is -2.40. The van der Waals surface area contributed by atoms with Crippen LogP contribution in [0.25, 0.3) is 0 Å². The third kappa shape index (κ3) is 2.39. The quantitative estimate of drug-likeness (QED) is 0.824. The van der Waals surface area contributed by atoms with Gasteiger partial charge in [0.1, 0.15) is 5.82 Å². The Labute approximate surface area is 124 Å². The lowest BCUT2D eigenvalue weighted by molar-refractivity contribution is -0.133. The summed E-state index contributed by atoms with van der Waals surface area (Å²) in [6.45, 7) is 2.62. The summed E-state index contributed by atoms with van der Waals surface area (Å²) < 4.78 is 2.22. The van der Waals surface area contributed by atoms with Gasteiger partial charge in [-0.15, -0.1) is 0 Å². The number of carbonyl (C=O) groups excluding carboxylic acids is 1. The molecule has 1 amide bonds. The van der Waals surface area contributed by atoms with Gasteiger partial charge in [-0.3, -0.25) is 9.59 Å². The Morgan fingerprint density at radius 1 is 1.19 bits per heavy atom. The summed E-state index contributed by atoms with van der Waals surface area (Å²) in [7, 11) is 0. The monoisotopic (exact) mass is 287 g/mol. The van der Waals surface area contributed by atoms with E-state index in [-0.39, 0.29) is 11.5 Å². The molecule has 5 nitrogen and oxygen atoms in total. The van der Waals surface area contributed by atoms with Crippen molar-refractivity contribution in [1.29, 1.82) is 0 Å². The number of aromatic nitrogens is 2. The minimum absolute atomic E-state index is 0.121. The van der Waals surface area contributed by atoms with Crippen LogP contribution < -0.4 is 5.56 Å². The van der Waals surface area contributed by atoms with Gasteiger partial charge in [0.25, 0.3) is 5.56 Å². The molecule has 21 heavy (non-hydrogen) atoms. The second-order valence-corrected chi connectivity index (χ2v) is 6.59. The summed E-state index contributed by atoms with van der Waals surface area (Å²) in [6.07, 6.45) is 6.20. The van der Waals surface area contributed by atoms with Gasteiger partial charge in [0.15, 0.2) is 0 Å². The molecule has 1 atom stereocenters. The van der Waals surface area contributed by atoms with Crippen molar-refractivity contribution in [3.05, 3.63) is 27.9 Å². The molecular weight excluding hydrogens is 266 g/mol. The SMILES string of the molecule is O=C(C1CC1)N1CCCC(c2cc(=O)nc3n2CCC3)C1. The maximum absolute atomic E-state index is 12.3. The number of amides is 1. The fourth-order valence-electron chi connectivity index (χ4n) is 3.76. The van der Waals surface area contributed by atoms with Crippen molar-refractivity contribution in [2.75, 3.05) is 13.1 Å². The molecule has 3 heterocycles. The average molecular weight is 287 g/mol. The van der Waals surface area contributed by atoms with E-state index in [9.17, 15) is 9.59 Å². The van der Waals surface area contributed by atoms with Gasteiger partial charge < -0.3 is 9.47 Å². The molecule has 0 bridgehead atoms. The van der Waals surface area contributed by atoms with Crippen molar-refractivity contribution < 1.29 is 4.79 Å². The number of fused-ring (bicyclic) bond motifs is 1. The summed E-state index contributed by atoms with van der Waals surface area (Å²) in [5.41, 5.74) is 0.986. The van der Waals surface area contributed by atoms with E-state index < -0.39 is 0 Å². The van der Waals surface area contributed by atoms with E-state index in [1.54, 1.807) is 6.07 Å². The van der Waals surface area contributed by atoms with E-state index >= 15 is 0 Å². The predicted octanol–water partition coefficient (Wildman–Crippen LogP) is 1.31. The first-order valence-corrected chi connectivity index (χ1v) is 8.12. The zero-order valence-corrected chi connectivity index (χ0v) is 12.3. The molecule has 0 N–H and O–H groups in total. The summed E-state index contributed by atoms with van der Waals surface area (Å²) >= 11 is 0.